The van der Waals surface area contributed by atoms with Crippen molar-refractivity contribution in [1.29, 1.82) is 0 Å². The van der Waals surface area contributed by atoms with E-state index >= 15 is 0 Å². The molecule has 5 nitrogen and oxygen atoms in total. The Morgan fingerprint density at radius 1 is 1.20 bits per heavy atom. The zero-order valence-electron chi connectivity index (χ0n) is 15.1. The molecular formula is C19H28N4OS. The van der Waals surface area contributed by atoms with Crippen molar-refractivity contribution in [3.8, 4) is 0 Å². The molecule has 2 aromatic rings. The molecule has 6 heteroatoms. The van der Waals surface area contributed by atoms with Gasteiger partial charge in [0, 0.05) is 17.0 Å². The van der Waals surface area contributed by atoms with Crippen LogP contribution in [-0.2, 0) is 6.42 Å². The van der Waals surface area contributed by atoms with Gasteiger partial charge in [0.1, 0.15) is 17.0 Å². The van der Waals surface area contributed by atoms with E-state index in [0.717, 1.165) is 29.9 Å². The average Bonchev–Trinajstić information content (AvgIpc) is 3.15. The molecule has 25 heavy (non-hydrogen) atoms. The molecule has 0 aliphatic heterocycles. The molecule has 0 aromatic carbocycles. The molecule has 136 valence electrons. The lowest BCUT2D eigenvalue weighted by atomic mass is 9.91. The van der Waals surface area contributed by atoms with Gasteiger partial charge in [0.05, 0.1) is 11.5 Å². The molecule has 0 saturated heterocycles. The van der Waals surface area contributed by atoms with E-state index in [4.69, 9.17) is 0 Å². The van der Waals surface area contributed by atoms with Crippen LogP contribution in [0.4, 0.5) is 5.82 Å². The van der Waals surface area contributed by atoms with Crippen LogP contribution in [-0.4, -0.2) is 40.3 Å². The van der Waals surface area contributed by atoms with Crippen LogP contribution in [0.5, 0.6) is 0 Å². The van der Waals surface area contributed by atoms with E-state index in [9.17, 15) is 5.11 Å². The van der Waals surface area contributed by atoms with Gasteiger partial charge in [0.25, 0.3) is 0 Å². The molecule has 1 fully saturated rings. The summed E-state index contributed by atoms with van der Waals surface area (Å²) in [6.07, 6.45) is 9.32. The number of fused-ring (bicyclic) bond motifs is 3. The van der Waals surface area contributed by atoms with Crippen molar-refractivity contribution in [3.05, 3.63) is 16.8 Å². The number of hydrogen-bond acceptors (Lipinski definition) is 6. The number of rotatable bonds is 5. The van der Waals surface area contributed by atoms with Crippen molar-refractivity contribution < 1.29 is 5.11 Å². The van der Waals surface area contributed by atoms with E-state index in [2.05, 4.69) is 27.6 Å². The predicted octanol–water partition coefficient (Wildman–Crippen LogP) is 3.43. The highest BCUT2D eigenvalue weighted by Gasteiger charge is 2.31. The van der Waals surface area contributed by atoms with Gasteiger partial charge in [-0.05, 0) is 70.4 Å². The van der Waals surface area contributed by atoms with Gasteiger partial charge in [-0.3, -0.25) is 0 Å². The van der Waals surface area contributed by atoms with Gasteiger partial charge < -0.3 is 15.7 Å². The molecule has 0 bridgehead atoms. The van der Waals surface area contributed by atoms with Crippen LogP contribution in [0.15, 0.2) is 6.33 Å². The van der Waals surface area contributed by atoms with Gasteiger partial charge in [-0.1, -0.05) is 0 Å². The zero-order chi connectivity index (χ0) is 17.4. The first-order valence-corrected chi connectivity index (χ1v) is 10.4. The van der Waals surface area contributed by atoms with E-state index in [1.807, 2.05) is 18.3 Å². The van der Waals surface area contributed by atoms with Crippen LogP contribution in [0, 0.1) is 0 Å². The van der Waals surface area contributed by atoms with Crippen LogP contribution in [0.1, 0.15) is 61.8 Å². The third-order valence-corrected chi connectivity index (χ3v) is 7.01. The van der Waals surface area contributed by atoms with Crippen LogP contribution >= 0.6 is 11.3 Å². The lowest BCUT2D eigenvalue weighted by molar-refractivity contribution is 0.174. The number of aryl methyl sites for hydroxylation is 1. The third kappa shape index (κ3) is 3.39. The van der Waals surface area contributed by atoms with Gasteiger partial charge in [-0.2, -0.15) is 0 Å². The summed E-state index contributed by atoms with van der Waals surface area (Å²) >= 11 is 1.81. The van der Waals surface area contributed by atoms with Crippen molar-refractivity contribution in [2.24, 2.45) is 0 Å². The Morgan fingerprint density at radius 2 is 1.96 bits per heavy atom. The summed E-state index contributed by atoms with van der Waals surface area (Å²) < 4.78 is 0. The van der Waals surface area contributed by atoms with Gasteiger partial charge in [-0.25, -0.2) is 9.97 Å². The lowest BCUT2D eigenvalue weighted by Crippen LogP contribution is -2.35. The molecule has 2 atom stereocenters. The summed E-state index contributed by atoms with van der Waals surface area (Å²) in [7, 11) is 2.06. The Morgan fingerprint density at radius 3 is 2.68 bits per heavy atom. The first-order chi connectivity index (χ1) is 12.2. The number of aromatic nitrogens is 2. The molecule has 4 rings (SSSR count). The maximum atomic E-state index is 9.88. The summed E-state index contributed by atoms with van der Waals surface area (Å²) in [5.41, 5.74) is 1.41. The third-order valence-electron chi connectivity index (χ3n) is 5.83. The number of anilines is 1. The fourth-order valence-electron chi connectivity index (χ4n) is 4.54. The fraction of sp³-hybridized carbons (Fsp3) is 0.684. The van der Waals surface area contributed by atoms with E-state index in [0.29, 0.717) is 18.0 Å². The molecule has 3 N–H and O–H groups in total. The van der Waals surface area contributed by atoms with Crippen LogP contribution in [0.3, 0.4) is 0 Å². The molecule has 2 aliphatic rings. The molecule has 0 amide bonds. The predicted molar refractivity (Wildman–Crippen MR) is 104 cm³/mol. The second-order valence-electron chi connectivity index (χ2n) is 7.64. The second-order valence-corrected chi connectivity index (χ2v) is 8.73. The lowest BCUT2D eigenvalue weighted by Gasteiger charge is -2.29. The first kappa shape index (κ1) is 17.2. The Balaban J connectivity index is 1.62. The Hall–Kier alpha value is -1.24. The standard InChI is InChI=1S/C19H28N4OS/c1-11(24)9-12-3-8-15-16(12)17-18(21-10-22-19(17)25-15)23-14-6-4-13(20-2)5-7-14/h10-14,20,24H,3-9H2,1-2H3,(H,21,22,23)/t11-,12-,13-,14-/m1/s1. The minimum atomic E-state index is -0.260. The van der Waals surface area contributed by atoms with E-state index < -0.39 is 0 Å². The van der Waals surface area contributed by atoms with Gasteiger partial charge >= 0.3 is 0 Å². The van der Waals surface area contributed by atoms with Crippen LogP contribution < -0.4 is 10.6 Å². The second kappa shape index (κ2) is 7.17. The largest absolute Gasteiger partial charge is 0.393 e. The highest BCUT2D eigenvalue weighted by atomic mass is 32.1. The quantitative estimate of drug-likeness (QED) is 0.762. The van der Waals surface area contributed by atoms with Gasteiger partial charge in [0.2, 0.25) is 0 Å². The molecule has 1 saturated carbocycles. The summed E-state index contributed by atoms with van der Waals surface area (Å²) in [6.45, 7) is 1.89. The monoisotopic (exact) mass is 360 g/mol. The summed E-state index contributed by atoms with van der Waals surface area (Å²) in [4.78, 5) is 11.7. The number of hydrogen-bond donors (Lipinski definition) is 3. The van der Waals surface area contributed by atoms with Gasteiger partial charge in [0.15, 0.2) is 0 Å². The highest BCUT2D eigenvalue weighted by Crippen LogP contribution is 2.47. The van der Waals surface area contributed by atoms with Crippen molar-refractivity contribution in [2.75, 3.05) is 12.4 Å². The average molecular weight is 361 g/mol. The molecule has 2 aromatic heterocycles. The van der Waals surface area contributed by atoms with Crippen molar-refractivity contribution in [1.82, 2.24) is 15.3 Å². The Kier molecular flexibility index (Phi) is 4.93. The summed E-state index contributed by atoms with van der Waals surface area (Å²) in [5, 5.41) is 18.2. The molecule has 2 aliphatic carbocycles. The normalized spacial score (nSPS) is 27.4. The minimum absolute atomic E-state index is 0.260. The molecule has 0 radical (unpaired) electrons. The Bertz CT molecular complexity index is 736. The Labute approximate surface area is 153 Å². The molecular weight excluding hydrogens is 332 g/mol. The zero-order valence-corrected chi connectivity index (χ0v) is 15.9. The summed E-state index contributed by atoms with van der Waals surface area (Å²) in [6, 6.07) is 1.15. The number of nitrogens with one attached hydrogen (secondary N) is 2. The van der Waals surface area contributed by atoms with E-state index in [1.54, 1.807) is 6.33 Å². The number of thiophene rings is 1. The SMILES string of the molecule is CN[C@H]1CC[C@H](Nc2ncnc3sc4c(c23)[C@@H](C[C@@H](C)O)CC4)CC1. The van der Waals surface area contributed by atoms with E-state index in [-0.39, 0.29) is 6.10 Å². The maximum Gasteiger partial charge on any atom is 0.138 e. The van der Waals surface area contributed by atoms with Crippen LogP contribution in [0.25, 0.3) is 10.2 Å². The number of nitrogens with zero attached hydrogens (tertiary/aromatic N) is 2. The van der Waals surface area contributed by atoms with Crippen molar-refractivity contribution >= 4 is 27.4 Å². The topological polar surface area (TPSA) is 70.1 Å². The molecule has 2 heterocycles. The van der Waals surface area contributed by atoms with Crippen molar-refractivity contribution in [2.45, 2.75) is 76.0 Å². The number of aliphatic hydroxyl groups excluding tert-OH is 1. The van der Waals surface area contributed by atoms with Gasteiger partial charge in [-0.15, -0.1) is 11.3 Å². The maximum absolute atomic E-state index is 9.88. The first-order valence-electron chi connectivity index (χ1n) is 9.53. The highest BCUT2D eigenvalue weighted by molar-refractivity contribution is 7.19. The smallest absolute Gasteiger partial charge is 0.138 e. The number of aliphatic hydroxyl groups is 1. The van der Waals surface area contributed by atoms with Crippen molar-refractivity contribution in [3.63, 3.8) is 0 Å². The van der Waals surface area contributed by atoms with E-state index in [1.165, 1.54) is 41.5 Å². The fourth-order valence-corrected chi connectivity index (χ4v) is 5.79. The summed E-state index contributed by atoms with van der Waals surface area (Å²) in [5.74, 6) is 1.45. The molecule has 0 unspecified atom stereocenters. The molecule has 0 spiro atoms. The minimum Gasteiger partial charge on any atom is -0.393 e. The van der Waals surface area contributed by atoms with Crippen LogP contribution in [0.2, 0.25) is 0 Å².